The van der Waals surface area contributed by atoms with Gasteiger partial charge in [-0.25, -0.2) is 12.8 Å². The van der Waals surface area contributed by atoms with E-state index in [1.165, 1.54) is 18.2 Å². The van der Waals surface area contributed by atoms with Crippen molar-refractivity contribution in [1.82, 2.24) is 0 Å². The molecule has 0 aromatic heterocycles. The summed E-state index contributed by atoms with van der Waals surface area (Å²) < 4.78 is 38.9. The Balaban J connectivity index is 2.05. The molecule has 0 saturated heterocycles. The average molecular weight is 392 g/mol. The van der Waals surface area contributed by atoms with Gasteiger partial charge in [0.1, 0.15) is 5.82 Å². The van der Waals surface area contributed by atoms with E-state index in [4.69, 9.17) is 0 Å². The fourth-order valence-corrected chi connectivity index (χ4v) is 3.53. The molecular formula is C20H25FN2O3S. The zero-order valence-corrected chi connectivity index (χ0v) is 16.8. The van der Waals surface area contributed by atoms with Gasteiger partial charge in [-0.15, -0.1) is 0 Å². The van der Waals surface area contributed by atoms with Crippen molar-refractivity contribution in [2.75, 3.05) is 22.4 Å². The van der Waals surface area contributed by atoms with Gasteiger partial charge in [0.05, 0.1) is 11.9 Å². The quantitative estimate of drug-likeness (QED) is 0.810. The van der Waals surface area contributed by atoms with Crippen molar-refractivity contribution in [2.45, 2.75) is 32.6 Å². The average Bonchev–Trinajstić information content (AvgIpc) is 2.55. The second-order valence-corrected chi connectivity index (χ2v) is 9.32. The minimum atomic E-state index is -3.72. The summed E-state index contributed by atoms with van der Waals surface area (Å²) in [6.45, 7) is 6.15. The number of hydrogen-bond acceptors (Lipinski definition) is 3. The molecule has 0 spiro atoms. The first-order valence-corrected chi connectivity index (χ1v) is 10.5. The first-order chi connectivity index (χ1) is 12.5. The normalized spacial score (nSPS) is 11.9. The van der Waals surface area contributed by atoms with E-state index < -0.39 is 15.8 Å². The van der Waals surface area contributed by atoms with Crippen LogP contribution in [0.25, 0.3) is 0 Å². The molecule has 1 amide bonds. The van der Waals surface area contributed by atoms with E-state index in [1.54, 1.807) is 6.07 Å². The molecule has 1 N–H and O–H groups in total. The van der Waals surface area contributed by atoms with Crippen LogP contribution in [-0.2, 0) is 20.2 Å². The number of benzene rings is 2. The van der Waals surface area contributed by atoms with Gasteiger partial charge in [0.2, 0.25) is 15.9 Å². The van der Waals surface area contributed by atoms with Crippen molar-refractivity contribution in [1.29, 1.82) is 0 Å². The van der Waals surface area contributed by atoms with E-state index in [0.29, 0.717) is 5.69 Å². The molecule has 0 radical (unpaired) electrons. The highest BCUT2D eigenvalue weighted by Gasteiger charge is 2.21. The van der Waals surface area contributed by atoms with Crippen LogP contribution in [0.1, 0.15) is 32.8 Å². The Labute approximate surface area is 160 Å². The summed E-state index contributed by atoms with van der Waals surface area (Å²) in [5.41, 5.74) is 1.72. The fourth-order valence-electron chi connectivity index (χ4n) is 2.60. The molecule has 2 aromatic carbocycles. The molecule has 5 nitrogen and oxygen atoms in total. The summed E-state index contributed by atoms with van der Waals surface area (Å²) in [5, 5.41) is 2.74. The molecule has 7 heteroatoms. The van der Waals surface area contributed by atoms with E-state index in [2.05, 4.69) is 26.1 Å². The first-order valence-electron chi connectivity index (χ1n) is 8.61. The largest absolute Gasteiger partial charge is 0.326 e. The van der Waals surface area contributed by atoms with Gasteiger partial charge in [-0.3, -0.25) is 9.10 Å². The number of nitrogens with zero attached hydrogens (tertiary/aromatic N) is 1. The molecule has 0 bridgehead atoms. The molecule has 0 unspecified atom stereocenters. The van der Waals surface area contributed by atoms with Gasteiger partial charge in [-0.05, 0) is 35.2 Å². The Kier molecular flexibility index (Phi) is 6.26. The summed E-state index contributed by atoms with van der Waals surface area (Å²) in [6.07, 6.45) is 0.894. The third-order valence-electron chi connectivity index (χ3n) is 4.10. The molecule has 0 heterocycles. The first kappa shape index (κ1) is 20.9. The Morgan fingerprint density at radius 2 is 1.67 bits per heavy atom. The van der Waals surface area contributed by atoms with Gasteiger partial charge in [-0.1, -0.05) is 45.0 Å². The van der Waals surface area contributed by atoms with Crippen LogP contribution in [0, 0.1) is 5.82 Å². The second kappa shape index (κ2) is 8.08. The zero-order chi connectivity index (χ0) is 20.2. The Morgan fingerprint density at radius 1 is 1.07 bits per heavy atom. The number of rotatable bonds is 6. The van der Waals surface area contributed by atoms with Crippen LogP contribution in [0.3, 0.4) is 0 Å². The smallest absolute Gasteiger partial charge is 0.232 e. The van der Waals surface area contributed by atoms with Crippen molar-refractivity contribution in [3.63, 3.8) is 0 Å². The lowest BCUT2D eigenvalue weighted by Crippen LogP contribution is -2.33. The molecule has 146 valence electrons. The number of carbonyl (C=O) groups is 1. The van der Waals surface area contributed by atoms with Crippen molar-refractivity contribution >= 4 is 27.3 Å². The van der Waals surface area contributed by atoms with Gasteiger partial charge >= 0.3 is 0 Å². The van der Waals surface area contributed by atoms with E-state index in [9.17, 15) is 17.6 Å². The molecule has 0 aliphatic rings. The van der Waals surface area contributed by atoms with E-state index in [1.807, 2.05) is 24.3 Å². The summed E-state index contributed by atoms with van der Waals surface area (Å²) in [7, 11) is -3.72. The van der Waals surface area contributed by atoms with Gasteiger partial charge in [0.25, 0.3) is 0 Å². The van der Waals surface area contributed by atoms with E-state index in [0.717, 1.165) is 16.1 Å². The summed E-state index contributed by atoms with van der Waals surface area (Å²) in [6, 6.07) is 13.1. The summed E-state index contributed by atoms with van der Waals surface area (Å²) in [4.78, 5) is 12.2. The number of anilines is 2. The van der Waals surface area contributed by atoms with E-state index in [-0.39, 0.29) is 30.0 Å². The third-order valence-corrected chi connectivity index (χ3v) is 5.28. The van der Waals surface area contributed by atoms with Crippen molar-refractivity contribution in [3.8, 4) is 0 Å². The minimum Gasteiger partial charge on any atom is -0.326 e. The number of hydrogen-bond donors (Lipinski definition) is 1. The lowest BCUT2D eigenvalue weighted by molar-refractivity contribution is -0.116. The fraction of sp³-hybridized carbons (Fsp3) is 0.350. The molecule has 27 heavy (non-hydrogen) atoms. The van der Waals surface area contributed by atoms with Gasteiger partial charge in [0.15, 0.2) is 0 Å². The van der Waals surface area contributed by atoms with Gasteiger partial charge in [-0.2, -0.15) is 0 Å². The van der Waals surface area contributed by atoms with Crippen LogP contribution >= 0.6 is 0 Å². The highest BCUT2D eigenvalue weighted by Crippen LogP contribution is 2.24. The number of sulfonamides is 1. The summed E-state index contributed by atoms with van der Waals surface area (Å²) in [5.74, 6) is -0.996. The molecule has 2 rings (SSSR count). The van der Waals surface area contributed by atoms with Crippen molar-refractivity contribution < 1.29 is 17.6 Å². The Bertz CT molecular complexity index is 904. The number of amides is 1. The molecular weight excluding hydrogens is 367 g/mol. The SMILES string of the molecule is CC(C)(C)c1ccc(NC(=O)CCN(c2ccccc2F)S(C)(=O)=O)cc1. The molecule has 0 saturated carbocycles. The predicted octanol–water partition coefficient (Wildman–Crippen LogP) is 3.92. The van der Waals surface area contributed by atoms with Crippen LogP contribution in [-0.4, -0.2) is 27.1 Å². The molecule has 0 aliphatic heterocycles. The van der Waals surface area contributed by atoms with Crippen LogP contribution in [0.5, 0.6) is 0 Å². The number of para-hydroxylation sites is 1. The molecule has 0 fully saturated rings. The highest BCUT2D eigenvalue weighted by molar-refractivity contribution is 7.92. The maximum absolute atomic E-state index is 14.0. The van der Waals surface area contributed by atoms with Crippen LogP contribution in [0.4, 0.5) is 15.8 Å². The van der Waals surface area contributed by atoms with Gasteiger partial charge in [0, 0.05) is 18.7 Å². The third kappa shape index (κ3) is 5.79. The zero-order valence-electron chi connectivity index (χ0n) is 16.0. The van der Waals surface area contributed by atoms with Crippen LogP contribution < -0.4 is 9.62 Å². The number of carbonyl (C=O) groups excluding carboxylic acids is 1. The maximum Gasteiger partial charge on any atom is 0.232 e. The second-order valence-electron chi connectivity index (χ2n) is 7.41. The number of nitrogens with one attached hydrogen (secondary N) is 1. The monoisotopic (exact) mass is 392 g/mol. The molecule has 0 aliphatic carbocycles. The Hall–Kier alpha value is -2.41. The predicted molar refractivity (Wildman–Crippen MR) is 107 cm³/mol. The molecule has 2 aromatic rings. The Morgan fingerprint density at radius 3 is 2.19 bits per heavy atom. The van der Waals surface area contributed by atoms with Crippen molar-refractivity contribution in [3.05, 3.63) is 59.9 Å². The number of halogens is 1. The van der Waals surface area contributed by atoms with E-state index >= 15 is 0 Å². The lowest BCUT2D eigenvalue weighted by atomic mass is 9.87. The lowest BCUT2D eigenvalue weighted by Gasteiger charge is -2.22. The van der Waals surface area contributed by atoms with Gasteiger partial charge < -0.3 is 5.32 Å². The maximum atomic E-state index is 14.0. The standard InChI is InChI=1S/C20H25FN2O3S/c1-20(2,3)15-9-11-16(12-10-15)22-19(24)13-14-23(27(4,25)26)18-8-6-5-7-17(18)21/h5-12H,13-14H2,1-4H3,(H,22,24). The molecule has 0 atom stereocenters. The van der Waals surface area contributed by atoms with Crippen LogP contribution in [0.2, 0.25) is 0 Å². The minimum absolute atomic E-state index is 0.0122. The highest BCUT2D eigenvalue weighted by atomic mass is 32.2. The topological polar surface area (TPSA) is 66.5 Å². The van der Waals surface area contributed by atoms with Crippen molar-refractivity contribution in [2.24, 2.45) is 0 Å². The summed E-state index contributed by atoms with van der Waals surface area (Å²) >= 11 is 0. The van der Waals surface area contributed by atoms with Crippen LogP contribution in [0.15, 0.2) is 48.5 Å².